The molecule has 2 aromatic rings. The maximum atomic E-state index is 10.2. The van der Waals surface area contributed by atoms with Crippen molar-refractivity contribution in [3.63, 3.8) is 0 Å². The van der Waals surface area contributed by atoms with Gasteiger partial charge in [-0.05, 0) is 13.3 Å². The van der Waals surface area contributed by atoms with Gasteiger partial charge in [0.05, 0.1) is 12.9 Å². The fourth-order valence-electron chi connectivity index (χ4n) is 2.99. The summed E-state index contributed by atoms with van der Waals surface area (Å²) in [7, 11) is 0. The smallest absolute Gasteiger partial charge is 0.167 e. The van der Waals surface area contributed by atoms with Gasteiger partial charge in [-0.3, -0.25) is 4.57 Å². The lowest BCUT2D eigenvalue weighted by atomic mass is 10.1. The second kappa shape index (κ2) is 6.98. The molecule has 9 nitrogen and oxygen atoms in total. The first-order valence-electron chi connectivity index (χ1n) is 8.13. The predicted molar refractivity (Wildman–Crippen MR) is 86.3 cm³/mol. The molecular formula is C15H23N5O4. The Morgan fingerprint density at radius 1 is 1.29 bits per heavy atom. The number of rotatable bonds is 6. The first-order chi connectivity index (χ1) is 11.6. The van der Waals surface area contributed by atoms with Gasteiger partial charge in [-0.15, -0.1) is 0 Å². The molecular weight excluding hydrogens is 314 g/mol. The Labute approximate surface area is 139 Å². The number of nitrogens with zero attached hydrogens (tertiary/aromatic N) is 4. The fourth-order valence-corrected chi connectivity index (χ4v) is 2.99. The average Bonchev–Trinajstić information content (AvgIpc) is 3.11. The van der Waals surface area contributed by atoms with E-state index in [1.165, 1.54) is 12.7 Å². The first-order valence-corrected chi connectivity index (χ1v) is 8.13. The van der Waals surface area contributed by atoms with Crippen molar-refractivity contribution in [2.24, 2.45) is 0 Å². The molecule has 1 unspecified atom stereocenters. The molecule has 0 aromatic carbocycles. The summed E-state index contributed by atoms with van der Waals surface area (Å²) in [5.41, 5.74) is 1.06. The Bertz CT molecular complexity index is 694. The van der Waals surface area contributed by atoms with E-state index in [1.54, 1.807) is 4.57 Å². The molecule has 3 heterocycles. The van der Waals surface area contributed by atoms with Gasteiger partial charge in [0.1, 0.15) is 24.6 Å². The van der Waals surface area contributed by atoms with Crippen molar-refractivity contribution in [3.8, 4) is 0 Å². The molecule has 9 heteroatoms. The van der Waals surface area contributed by atoms with Gasteiger partial charge in [0.25, 0.3) is 0 Å². The Balaban J connectivity index is 1.91. The van der Waals surface area contributed by atoms with E-state index in [-0.39, 0.29) is 12.6 Å². The second-order valence-corrected chi connectivity index (χ2v) is 6.11. The van der Waals surface area contributed by atoms with Gasteiger partial charge < -0.3 is 25.4 Å². The van der Waals surface area contributed by atoms with Crippen molar-refractivity contribution >= 4 is 17.0 Å². The van der Waals surface area contributed by atoms with Crippen LogP contribution in [-0.2, 0) is 4.74 Å². The second-order valence-electron chi connectivity index (χ2n) is 6.11. The molecule has 0 saturated carbocycles. The van der Waals surface area contributed by atoms with E-state index in [0.717, 1.165) is 12.8 Å². The van der Waals surface area contributed by atoms with Crippen molar-refractivity contribution in [2.45, 2.75) is 57.3 Å². The first kappa shape index (κ1) is 17.0. The summed E-state index contributed by atoms with van der Waals surface area (Å²) in [4.78, 5) is 12.8. The van der Waals surface area contributed by atoms with Gasteiger partial charge >= 0.3 is 0 Å². The molecule has 0 amide bonds. The molecule has 0 radical (unpaired) electrons. The van der Waals surface area contributed by atoms with Crippen LogP contribution in [0.5, 0.6) is 0 Å². The Hall–Kier alpha value is -1.81. The highest BCUT2D eigenvalue weighted by molar-refractivity contribution is 5.82. The van der Waals surface area contributed by atoms with E-state index in [4.69, 9.17) is 4.74 Å². The summed E-state index contributed by atoms with van der Waals surface area (Å²) in [6.45, 7) is 3.81. The van der Waals surface area contributed by atoms with E-state index < -0.39 is 24.5 Å². The highest BCUT2D eigenvalue weighted by Crippen LogP contribution is 2.32. The summed E-state index contributed by atoms with van der Waals surface area (Å²) in [6, 6.07) is 0.243. The Kier molecular flexibility index (Phi) is 4.95. The highest BCUT2D eigenvalue weighted by Gasteiger charge is 2.44. The zero-order valence-electron chi connectivity index (χ0n) is 13.7. The van der Waals surface area contributed by atoms with Crippen LogP contribution < -0.4 is 5.32 Å². The predicted octanol–water partition coefficient (Wildman–Crippen LogP) is 0.0383. The number of fused-ring (bicyclic) bond motifs is 1. The van der Waals surface area contributed by atoms with Crippen LogP contribution in [0.25, 0.3) is 11.2 Å². The summed E-state index contributed by atoms with van der Waals surface area (Å²) in [5, 5.41) is 32.6. The van der Waals surface area contributed by atoms with Crippen LogP contribution in [0, 0.1) is 0 Å². The number of hydrogen-bond donors (Lipinski definition) is 4. The van der Waals surface area contributed by atoms with Crippen molar-refractivity contribution in [1.82, 2.24) is 19.5 Å². The number of nitrogens with one attached hydrogen (secondary N) is 1. The van der Waals surface area contributed by atoms with E-state index in [0.29, 0.717) is 17.0 Å². The van der Waals surface area contributed by atoms with Gasteiger partial charge in [0.15, 0.2) is 23.2 Å². The van der Waals surface area contributed by atoms with Crippen molar-refractivity contribution < 1.29 is 20.1 Å². The third kappa shape index (κ3) is 2.95. The minimum absolute atomic E-state index is 0.243. The maximum absolute atomic E-state index is 10.2. The van der Waals surface area contributed by atoms with Crippen molar-refractivity contribution in [2.75, 3.05) is 11.9 Å². The minimum Gasteiger partial charge on any atom is -0.394 e. The number of aliphatic hydroxyl groups is 3. The molecule has 132 valence electrons. The lowest BCUT2D eigenvalue weighted by Crippen LogP contribution is -2.33. The number of imidazole rings is 1. The number of anilines is 1. The highest BCUT2D eigenvalue weighted by atomic mass is 16.6. The molecule has 0 spiro atoms. The van der Waals surface area contributed by atoms with Crippen LogP contribution in [0.1, 0.15) is 32.9 Å². The normalized spacial score (nSPS) is 28.4. The van der Waals surface area contributed by atoms with Gasteiger partial charge in [-0.2, -0.15) is 0 Å². The number of ether oxygens (including phenoxy) is 1. The molecule has 2 aromatic heterocycles. The molecule has 1 aliphatic rings. The van der Waals surface area contributed by atoms with E-state index in [1.807, 2.05) is 0 Å². The van der Waals surface area contributed by atoms with Gasteiger partial charge in [-0.25, -0.2) is 15.0 Å². The summed E-state index contributed by atoms with van der Waals surface area (Å²) in [6.07, 6.45) is 0.925. The number of aliphatic hydroxyl groups excluding tert-OH is 3. The quantitative estimate of drug-likeness (QED) is 0.582. The lowest BCUT2D eigenvalue weighted by molar-refractivity contribution is -0.0511. The maximum Gasteiger partial charge on any atom is 0.167 e. The van der Waals surface area contributed by atoms with Crippen LogP contribution in [0.3, 0.4) is 0 Å². The van der Waals surface area contributed by atoms with Gasteiger partial charge in [0.2, 0.25) is 0 Å². The molecule has 3 rings (SSSR count). The summed E-state index contributed by atoms with van der Waals surface area (Å²) >= 11 is 0. The lowest BCUT2D eigenvalue weighted by Gasteiger charge is -2.17. The molecule has 1 fully saturated rings. The van der Waals surface area contributed by atoms with Crippen molar-refractivity contribution in [3.05, 3.63) is 12.7 Å². The van der Waals surface area contributed by atoms with E-state index >= 15 is 0 Å². The number of hydrogen-bond acceptors (Lipinski definition) is 8. The van der Waals surface area contributed by atoms with Crippen LogP contribution in [0.15, 0.2) is 12.7 Å². The van der Waals surface area contributed by atoms with Crippen LogP contribution >= 0.6 is 0 Å². The fraction of sp³-hybridized carbons (Fsp3) is 0.667. The number of aromatic nitrogens is 4. The third-order valence-electron chi connectivity index (χ3n) is 4.25. The molecule has 1 aliphatic heterocycles. The van der Waals surface area contributed by atoms with Crippen LogP contribution in [0.4, 0.5) is 5.82 Å². The molecule has 24 heavy (non-hydrogen) atoms. The topological polar surface area (TPSA) is 126 Å². The molecule has 5 atom stereocenters. The standard InChI is InChI=1S/C15H23N5O4/c1-3-4-8(2)19-13-10-14(17-6-16-13)20(7-18-10)15-12(23)11(22)9(5-21)24-15/h6-9,11-12,15,21-23H,3-5H2,1-2H3,(H,16,17,19)/t8?,9-,11-,12-,15-/m1/s1. The third-order valence-corrected chi connectivity index (χ3v) is 4.25. The van der Waals surface area contributed by atoms with Crippen LogP contribution in [-0.4, -0.2) is 65.8 Å². The zero-order chi connectivity index (χ0) is 17.3. The Morgan fingerprint density at radius 3 is 2.75 bits per heavy atom. The van der Waals surface area contributed by atoms with Gasteiger partial charge in [0, 0.05) is 6.04 Å². The SMILES string of the molecule is CCCC(C)Nc1ncnc2c1ncn2[C@@H]1O[C@H](CO)[C@@H](O)[C@H]1O. The molecule has 0 aliphatic carbocycles. The molecule has 1 saturated heterocycles. The average molecular weight is 337 g/mol. The Morgan fingerprint density at radius 2 is 2.08 bits per heavy atom. The van der Waals surface area contributed by atoms with Crippen LogP contribution in [0.2, 0.25) is 0 Å². The van der Waals surface area contributed by atoms with E-state index in [9.17, 15) is 15.3 Å². The minimum atomic E-state index is -1.18. The molecule has 4 N–H and O–H groups in total. The molecule has 0 bridgehead atoms. The summed E-state index contributed by atoms with van der Waals surface area (Å²) in [5.74, 6) is 0.617. The van der Waals surface area contributed by atoms with Gasteiger partial charge in [-0.1, -0.05) is 13.3 Å². The summed E-state index contributed by atoms with van der Waals surface area (Å²) < 4.78 is 7.09. The largest absolute Gasteiger partial charge is 0.394 e. The van der Waals surface area contributed by atoms with Crippen molar-refractivity contribution in [1.29, 1.82) is 0 Å². The monoisotopic (exact) mass is 337 g/mol. The zero-order valence-corrected chi connectivity index (χ0v) is 13.7. The van der Waals surface area contributed by atoms with E-state index in [2.05, 4.69) is 34.1 Å².